The Balaban J connectivity index is 2.34. The molecule has 0 aliphatic carbocycles. The molecule has 0 bridgehead atoms. The number of carbonyl (C=O) groups is 1. The molecule has 1 unspecified atom stereocenters. The summed E-state index contributed by atoms with van der Waals surface area (Å²) < 4.78 is 29.1. The van der Waals surface area contributed by atoms with Gasteiger partial charge in [0.15, 0.2) is 17.3 Å². The molecule has 18 heavy (non-hydrogen) atoms. The lowest BCUT2D eigenvalue weighted by molar-refractivity contribution is 0.0638. The topological polar surface area (TPSA) is 44.8 Å². The second-order valence-corrected chi connectivity index (χ2v) is 4.05. The lowest BCUT2D eigenvalue weighted by atomic mass is 10.0. The number of Topliss-reactive ketones (excluding diaryl/α,β-unsaturated/α-hetero) is 1. The molecular formula is C13H15FO4. The number of benzene rings is 1. The smallest absolute Gasteiger partial charge is 0.194 e. The average Bonchev–Trinajstić information content (AvgIpc) is 2.91. The highest BCUT2D eigenvalue weighted by atomic mass is 19.1. The quantitative estimate of drug-likeness (QED) is 0.773. The van der Waals surface area contributed by atoms with Crippen molar-refractivity contribution >= 4 is 5.78 Å². The number of rotatable bonds is 4. The van der Waals surface area contributed by atoms with Crippen LogP contribution < -0.4 is 9.47 Å². The van der Waals surface area contributed by atoms with E-state index >= 15 is 0 Å². The van der Waals surface area contributed by atoms with E-state index < -0.39 is 11.9 Å². The number of carbonyl (C=O) groups excluding carboxylic acids is 1. The molecule has 1 aliphatic heterocycles. The minimum atomic E-state index is -0.617. The molecule has 0 amide bonds. The predicted octanol–water partition coefficient (Wildman–Crippen LogP) is 2.20. The van der Waals surface area contributed by atoms with Crippen LogP contribution in [0, 0.1) is 5.82 Å². The highest BCUT2D eigenvalue weighted by molar-refractivity contribution is 6.00. The molecule has 0 radical (unpaired) electrons. The minimum absolute atomic E-state index is 0.0143. The highest BCUT2D eigenvalue weighted by Crippen LogP contribution is 2.31. The molecule has 1 aromatic carbocycles. The number of hydrogen-bond donors (Lipinski definition) is 0. The molecule has 1 saturated heterocycles. The third kappa shape index (κ3) is 2.31. The fourth-order valence-corrected chi connectivity index (χ4v) is 2.00. The van der Waals surface area contributed by atoms with Crippen LogP contribution in [0.4, 0.5) is 4.39 Å². The molecule has 1 atom stereocenters. The second kappa shape index (κ2) is 5.35. The van der Waals surface area contributed by atoms with Crippen LogP contribution in [-0.4, -0.2) is 32.7 Å². The molecule has 98 valence electrons. The molecule has 2 rings (SSSR count). The first kappa shape index (κ1) is 12.8. The van der Waals surface area contributed by atoms with E-state index in [-0.39, 0.29) is 17.1 Å². The van der Waals surface area contributed by atoms with Gasteiger partial charge in [0.1, 0.15) is 11.9 Å². The van der Waals surface area contributed by atoms with Crippen LogP contribution in [0.1, 0.15) is 23.2 Å². The summed E-state index contributed by atoms with van der Waals surface area (Å²) >= 11 is 0. The summed E-state index contributed by atoms with van der Waals surface area (Å²) in [5.74, 6) is -0.363. The Morgan fingerprint density at radius 2 is 2.00 bits per heavy atom. The first-order valence-corrected chi connectivity index (χ1v) is 5.74. The van der Waals surface area contributed by atoms with Gasteiger partial charge in [0.25, 0.3) is 0 Å². The van der Waals surface area contributed by atoms with E-state index in [9.17, 15) is 9.18 Å². The fourth-order valence-electron chi connectivity index (χ4n) is 2.00. The van der Waals surface area contributed by atoms with Crippen LogP contribution in [0.15, 0.2) is 12.1 Å². The van der Waals surface area contributed by atoms with E-state index in [0.29, 0.717) is 18.8 Å². The maximum atomic E-state index is 13.8. The largest absolute Gasteiger partial charge is 0.493 e. The van der Waals surface area contributed by atoms with E-state index in [0.717, 1.165) is 12.5 Å². The van der Waals surface area contributed by atoms with Gasteiger partial charge in [0.05, 0.1) is 19.8 Å². The molecule has 1 aliphatic rings. The number of ether oxygens (including phenoxy) is 3. The molecular weight excluding hydrogens is 239 g/mol. The van der Waals surface area contributed by atoms with Crippen molar-refractivity contribution in [1.82, 2.24) is 0 Å². The van der Waals surface area contributed by atoms with Crippen molar-refractivity contribution in [2.45, 2.75) is 18.9 Å². The second-order valence-electron chi connectivity index (χ2n) is 4.05. The first-order chi connectivity index (χ1) is 8.67. The summed E-state index contributed by atoms with van der Waals surface area (Å²) in [5, 5.41) is 0. The van der Waals surface area contributed by atoms with Crippen LogP contribution in [0.2, 0.25) is 0 Å². The minimum Gasteiger partial charge on any atom is -0.493 e. The van der Waals surface area contributed by atoms with Crippen molar-refractivity contribution in [2.24, 2.45) is 0 Å². The van der Waals surface area contributed by atoms with Crippen LogP contribution >= 0.6 is 0 Å². The summed E-state index contributed by atoms with van der Waals surface area (Å²) in [4.78, 5) is 12.1. The van der Waals surface area contributed by atoms with Gasteiger partial charge in [-0.25, -0.2) is 4.39 Å². The van der Waals surface area contributed by atoms with Crippen molar-refractivity contribution < 1.29 is 23.4 Å². The average molecular weight is 254 g/mol. The Hall–Kier alpha value is -1.62. The molecule has 4 nitrogen and oxygen atoms in total. The number of methoxy groups -OCH3 is 2. The van der Waals surface area contributed by atoms with E-state index in [4.69, 9.17) is 14.2 Å². The van der Waals surface area contributed by atoms with E-state index in [1.807, 2.05) is 0 Å². The van der Waals surface area contributed by atoms with Crippen LogP contribution in [0.25, 0.3) is 0 Å². The summed E-state index contributed by atoms with van der Waals surface area (Å²) in [6, 6.07) is 2.51. The van der Waals surface area contributed by atoms with Crippen LogP contribution in [0.3, 0.4) is 0 Å². The van der Waals surface area contributed by atoms with Crippen molar-refractivity contribution in [1.29, 1.82) is 0 Å². The van der Waals surface area contributed by atoms with Crippen molar-refractivity contribution in [3.8, 4) is 11.5 Å². The van der Waals surface area contributed by atoms with Gasteiger partial charge in [-0.1, -0.05) is 0 Å². The monoisotopic (exact) mass is 254 g/mol. The normalized spacial score (nSPS) is 18.7. The standard InChI is InChI=1S/C13H15FO4/c1-16-11-6-8(9(14)7-12(11)17-2)13(15)10-4-3-5-18-10/h6-7,10H,3-5H2,1-2H3. The zero-order valence-corrected chi connectivity index (χ0v) is 10.4. The number of halogens is 1. The SMILES string of the molecule is COc1cc(F)c(C(=O)C2CCCO2)cc1OC. The Morgan fingerprint density at radius 3 is 2.56 bits per heavy atom. The van der Waals surface area contributed by atoms with Gasteiger partial charge in [0.2, 0.25) is 0 Å². The molecule has 0 spiro atoms. The molecule has 0 aromatic heterocycles. The lowest BCUT2D eigenvalue weighted by Gasteiger charge is -2.12. The van der Waals surface area contributed by atoms with Crippen LogP contribution in [0.5, 0.6) is 11.5 Å². The van der Waals surface area contributed by atoms with Gasteiger partial charge in [-0.15, -0.1) is 0 Å². The van der Waals surface area contributed by atoms with Crippen molar-refractivity contribution in [3.63, 3.8) is 0 Å². The summed E-state index contributed by atoms with van der Waals surface area (Å²) in [6.45, 7) is 0.547. The van der Waals surface area contributed by atoms with Crippen LogP contribution in [-0.2, 0) is 4.74 Å². The lowest BCUT2D eigenvalue weighted by Crippen LogP contribution is -2.20. The van der Waals surface area contributed by atoms with E-state index in [2.05, 4.69) is 0 Å². The summed E-state index contributed by atoms with van der Waals surface area (Å²) in [5.41, 5.74) is -0.0143. The summed E-state index contributed by atoms with van der Waals surface area (Å²) in [7, 11) is 2.86. The Bertz CT molecular complexity index is 453. The van der Waals surface area contributed by atoms with E-state index in [1.165, 1.54) is 20.3 Å². The Kier molecular flexibility index (Phi) is 3.81. The zero-order valence-electron chi connectivity index (χ0n) is 10.4. The molecule has 0 saturated carbocycles. The van der Waals surface area contributed by atoms with Gasteiger partial charge in [-0.3, -0.25) is 4.79 Å². The van der Waals surface area contributed by atoms with Gasteiger partial charge >= 0.3 is 0 Å². The maximum Gasteiger partial charge on any atom is 0.194 e. The third-order valence-corrected chi connectivity index (χ3v) is 2.96. The number of hydrogen-bond acceptors (Lipinski definition) is 4. The highest BCUT2D eigenvalue weighted by Gasteiger charge is 2.28. The maximum absolute atomic E-state index is 13.8. The molecule has 5 heteroatoms. The molecule has 0 N–H and O–H groups in total. The Morgan fingerprint density at radius 1 is 1.33 bits per heavy atom. The van der Waals surface area contributed by atoms with E-state index in [1.54, 1.807) is 0 Å². The third-order valence-electron chi connectivity index (χ3n) is 2.96. The van der Waals surface area contributed by atoms with Gasteiger partial charge in [-0.05, 0) is 18.9 Å². The Labute approximate surface area is 105 Å². The molecule has 1 aromatic rings. The van der Waals surface area contributed by atoms with Crippen molar-refractivity contribution in [3.05, 3.63) is 23.5 Å². The summed E-state index contributed by atoms with van der Waals surface area (Å²) in [6.07, 6.45) is 0.912. The first-order valence-electron chi connectivity index (χ1n) is 5.74. The number of ketones is 1. The zero-order chi connectivity index (χ0) is 13.1. The van der Waals surface area contributed by atoms with Gasteiger partial charge in [-0.2, -0.15) is 0 Å². The predicted molar refractivity (Wildman–Crippen MR) is 62.8 cm³/mol. The molecule has 1 fully saturated rings. The fraction of sp³-hybridized carbons (Fsp3) is 0.462. The van der Waals surface area contributed by atoms with Crippen molar-refractivity contribution in [2.75, 3.05) is 20.8 Å². The van der Waals surface area contributed by atoms with Gasteiger partial charge < -0.3 is 14.2 Å². The van der Waals surface area contributed by atoms with Gasteiger partial charge in [0, 0.05) is 12.7 Å². The molecule has 1 heterocycles.